The molecule has 1 aliphatic heterocycles. The van der Waals surface area contributed by atoms with Gasteiger partial charge in [-0.3, -0.25) is 0 Å². The molecule has 0 bridgehead atoms. The van der Waals surface area contributed by atoms with E-state index in [1.165, 1.54) is 12.0 Å². The van der Waals surface area contributed by atoms with E-state index < -0.39 is 0 Å². The second-order valence-corrected chi connectivity index (χ2v) is 6.03. The van der Waals surface area contributed by atoms with Gasteiger partial charge in [0.15, 0.2) is 0 Å². The van der Waals surface area contributed by atoms with E-state index >= 15 is 0 Å². The first-order valence-electron chi connectivity index (χ1n) is 8.06. The number of nitrogens with zero attached hydrogens (tertiary/aromatic N) is 1. The Balaban J connectivity index is 1.83. The van der Waals surface area contributed by atoms with Crippen LogP contribution in [0.15, 0.2) is 18.2 Å². The third-order valence-electron chi connectivity index (χ3n) is 3.91. The van der Waals surface area contributed by atoms with Crippen molar-refractivity contribution in [2.75, 3.05) is 45.7 Å². The maximum absolute atomic E-state index is 5.63. The summed E-state index contributed by atoms with van der Waals surface area (Å²) in [7, 11) is 4.25. The Morgan fingerprint density at radius 1 is 1.38 bits per heavy atom. The molecular weight excluding hydrogens is 262 g/mol. The van der Waals surface area contributed by atoms with Crippen LogP contribution in [0.5, 0.6) is 5.75 Å². The number of rotatable bonds is 8. The van der Waals surface area contributed by atoms with E-state index in [1.54, 1.807) is 0 Å². The van der Waals surface area contributed by atoms with Crippen molar-refractivity contribution in [2.24, 2.45) is 0 Å². The predicted octanol–water partition coefficient (Wildman–Crippen LogP) is 2.35. The fourth-order valence-corrected chi connectivity index (χ4v) is 2.66. The highest BCUT2D eigenvalue weighted by atomic mass is 16.5. The van der Waals surface area contributed by atoms with Crippen molar-refractivity contribution >= 4 is 5.69 Å². The SMILES string of the molecule is CCC(Cc1ccc2c(c1)NCCO2)NCCCN(C)C. The molecular formula is C17H29N3O. The summed E-state index contributed by atoms with van der Waals surface area (Å²) >= 11 is 0. The lowest BCUT2D eigenvalue weighted by atomic mass is 10.0. The van der Waals surface area contributed by atoms with Gasteiger partial charge in [-0.1, -0.05) is 13.0 Å². The summed E-state index contributed by atoms with van der Waals surface area (Å²) in [5, 5.41) is 7.08. The number of ether oxygens (including phenoxy) is 1. The van der Waals surface area contributed by atoms with Crippen LogP contribution in [0, 0.1) is 0 Å². The van der Waals surface area contributed by atoms with Gasteiger partial charge in [-0.2, -0.15) is 0 Å². The Bertz CT molecular complexity index is 434. The van der Waals surface area contributed by atoms with Gasteiger partial charge in [0.2, 0.25) is 0 Å². The number of fused-ring (bicyclic) bond motifs is 1. The van der Waals surface area contributed by atoms with Crippen molar-refractivity contribution in [3.05, 3.63) is 23.8 Å². The summed E-state index contributed by atoms with van der Waals surface area (Å²) in [6, 6.07) is 7.07. The first-order chi connectivity index (χ1) is 10.2. The molecule has 2 rings (SSSR count). The maximum Gasteiger partial charge on any atom is 0.142 e. The average Bonchev–Trinajstić information content (AvgIpc) is 2.50. The van der Waals surface area contributed by atoms with E-state index in [2.05, 4.69) is 54.8 Å². The van der Waals surface area contributed by atoms with Gasteiger partial charge in [0, 0.05) is 12.6 Å². The zero-order chi connectivity index (χ0) is 15.1. The van der Waals surface area contributed by atoms with Crippen molar-refractivity contribution in [3.63, 3.8) is 0 Å². The van der Waals surface area contributed by atoms with Gasteiger partial charge >= 0.3 is 0 Å². The lowest BCUT2D eigenvalue weighted by Gasteiger charge is -2.22. The van der Waals surface area contributed by atoms with E-state index in [4.69, 9.17) is 4.74 Å². The quantitative estimate of drug-likeness (QED) is 0.721. The molecule has 1 aromatic carbocycles. The molecule has 4 heteroatoms. The van der Waals surface area contributed by atoms with E-state index in [-0.39, 0.29) is 0 Å². The Kier molecular flexibility index (Phi) is 6.33. The second kappa shape index (κ2) is 8.25. The molecule has 21 heavy (non-hydrogen) atoms. The van der Waals surface area contributed by atoms with E-state index in [1.807, 2.05) is 0 Å². The molecule has 2 N–H and O–H groups in total. The lowest BCUT2D eigenvalue weighted by molar-refractivity contribution is 0.323. The molecule has 0 fully saturated rings. The molecule has 0 saturated carbocycles. The summed E-state index contributed by atoms with van der Waals surface area (Å²) in [5.74, 6) is 0.983. The van der Waals surface area contributed by atoms with Crippen molar-refractivity contribution in [1.29, 1.82) is 0 Å². The molecule has 1 atom stereocenters. The Morgan fingerprint density at radius 2 is 2.24 bits per heavy atom. The fourth-order valence-electron chi connectivity index (χ4n) is 2.66. The van der Waals surface area contributed by atoms with E-state index in [9.17, 15) is 0 Å². The molecule has 0 radical (unpaired) electrons. The Morgan fingerprint density at radius 3 is 3.00 bits per heavy atom. The predicted molar refractivity (Wildman–Crippen MR) is 89.4 cm³/mol. The van der Waals surface area contributed by atoms with Crippen molar-refractivity contribution in [2.45, 2.75) is 32.2 Å². The summed E-state index contributed by atoms with van der Waals surface area (Å²) in [5.41, 5.74) is 2.51. The first-order valence-corrected chi connectivity index (χ1v) is 8.06. The van der Waals surface area contributed by atoms with E-state index in [0.29, 0.717) is 6.04 Å². The van der Waals surface area contributed by atoms with Crippen LogP contribution in [0.25, 0.3) is 0 Å². The van der Waals surface area contributed by atoms with Crippen LogP contribution < -0.4 is 15.4 Å². The van der Waals surface area contributed by atoms with Crippen LogP contribution in [0.2, 0.25) is 0 Å². The van der Waals surface area contributed by atoms with Gasteiger partial charge in [-0.25, -0.2) is 0 Å². The summed E-state index contributed by atoms with van der Waals surface area (Å²) in [4.78, 5) is 2.23. The van der Waals surface area contributed by atoms with Gasteiger partial charge in [-0.05, 0) is 64.1 Å². The molecule has 4 nitrogen and oxygen atoms in total. The molecule has 0 amide bonds. The third-order valence-corrected chi connectivity index (χ3v) is 3.91. The first kappa shape index (κ1) is 16.1. The molecule has 1 aromatic rings. The molecule has 0 aliphatic carbocycles. The minimum Gasteiger partial charge on any atom is -0.490 e. The van der Waals surface area contributed by atoms with Gasteiger partial charge in [-0.15, -0.1) is 0 Å². The Hall–Kier alpha value is -1.26. The number of anilines is 1. The van der Waals surface area contributed by atoms with Crippen LogP contribution in [-0.2, 0) is 6.42 Å². The highest BCUT2D eigenvalue weighted by molar-refractivity contribution is 5.59. The van der Waals surface area contributed by atoms with Crippen molar-refractivity contribution in [3.8, 4) is 5.75 Å². The van der Waals surface area contributed by atoms with Crippen LogP contribution in [0.4, 0.5) is 5.69 Å². The second-order valence-electron chi connectivity index (χ2n) is 6.03. The number of nitrogens with one attached hydrogen (secondary N) is 2. The Labute approximate surface area is 128 Å². The smallest absolute Gasteiger partial charge is 0.142 e. The van der Waals surface area contributed by atoms with Crippen LogP contribution in [-0.4, -0.2) is 51.3 Å². The monoisotopic (exact) mass is 291 g/mol. The standard InChI is InChI=1S/C17H29N3O/c1-4-15(18-8-5-10-20(2)3)12-14-6-7-17-16(13-14)19-9-11-21-17/h6-7,13,15,18-19H,4-5,8-12H2,1-3H3. The van der Waals surface area contributed by atoms with Gasteiger partial charge in [0.1, 0.15) is 12.4 Å². The molecule has 1 unspecified atom stereocenters. The molecule has 0 spiro atoms. The maximum atomic E-state index is 5.63. The minimum absolute atomic E-state index is 0.551. The normalized spacial score (nSPS) is 15.2. The summed E-state index contributed by atoms with van der Waals surface area (Å²) in [6.07, 6.45) is 3.43. The topological polar surface area (TPSA) is 36.5 Å². The summed E-state index contributed by atoms with van der Waals surface area (Å²) in [6.45, 7) is 6.14. The number of hydrogen-bond acceptors (Lipinski definition) is 4. The molecule has 0 aromatic heterocycles. The molecule has 1 heterocycles. The third kappa shape index (κ3) is 5.21. The largest absolute Gasteiger partial charge is 0.490 e. The van der Waals surface area contributed by atoms with Gasteiger partial charge < -0.3 is 20.3 Å². The van der Waals surface area contributed by atoms with E-state index in [0.717, 1.165) is 50.5 Å². The highest BCUT2D eigenvalue weighted by Gasteiger charge is 2.12. The fraction of sp³-hybridized carbons (Fsp3) is 0.647. The van der Waals surface area contributed by atoms with Crippen LogP contribution in [0.3, 0.4) is 0 Å². The minimum atomic E-state index is 0.551. The summed E-state index contributed by atoms with van der Waals surface area (Å²) < 4.78 is 5.63. The lowest BCUT2D eigenvalue weighted by Crippen LogP contribution is -2.32. The zero-order valence-electron chi connectivity index (χ0n) is 13.6. The zero-order valence-corrected chi connectivity index (χ0v) is 13.6. The number of benzene rings is 1. The highest BCUT2D eigenvalue weighted by Crippen LogP contribution is 2.28. The van der Waals surface area contributed by atoms with Gasteiger partial charge in [0.05, 0.1) is 5.69 Å². The van der Waals surface area contributed by atoms with Crippen molar-refractivity contribution < 1.29 is 4.74 Å². The molecule has 1 aliphatic rings. The molecule has 118 valence electrons. The molecule has 0 saturated heterocycles. The van der Waals surface area contributed by atoms with Crippen LogP contribution >= 0.6 is 0 Å². The van der Waals surface area contributed by atoms with Gasteiger partial charge in [0.25, 0.3) is 0 Å². The number of hydrogen-bond donors (Lipinski definition) is 2. The van der Waals surface area contributed by atoms with Crippen LogP contribution in [0.1, 0.15) is 25.3 Å². The van der Waals surface area contributed by atoms with Crippen molar-refractivity contribution in [1.82, 2.24) is 10.2 Å². The average molecular weight is 291 g/mol.